The summed E-state index contributed by atoms with van der Waals surface area (Å²) in [4.78, 5) is 24.0. The first kappa shape index (κ1) is 25.8. The molecule has 0 radical (unpaired) electrons. The maximum atomic E-state index is 13.7. The van der Waals surface area contributed by atoms with Gasteiger partial charge in [-0.2, -0.15) is 0 Å². The van der Waals surface area contributed by atoms with E-state index in [-0.39, 0.29) is 11.7 Å². The second-order valence-corrected chi connectivity index (χ2v) is 10.9. The van der Waals surface area contributed by atoms with Gasteiger partial charge in [0.05, 0.1) is 18.5 Å². The fourth-order valence-electron chi connectivity index (χ4n) is 5.11. The number of ether oxygens (including phenoxy) is 1. The molecule has 6 rings (SSSR count). The molecule has 6 nitrogen and oxygen atoms in total. The Bertz CT molecular complexity index is 1670. The highest BCUT2D eigenvalue weighted by Gasteiger charge is 2.28. The van der Waals surface area contributed by atoms with E-state index in [1.165, 1.54) is 29.0 Å². The Kier molecular flexibility index (Phi) is 6.86. The van der Waals surface area contributed by atoms with Gasteiger partial charge in [-0.05, 0) is 72.6 Å². The highest BCUT2D eigenvalue weighted by Crippen LogP contribution is 2.42. The summed E-state index contributed by atoms with van der Waals surface area (Å²) in [5, 5.41) is 0.805. The van der Waals surface area contributed by atoms with Crippen molar-refractivity contribution in [2.24, 2.45) is 0 Å². The average Bonchev–Trinajstić information content (AvgIpc) is 3.33. The number of nitrogens with zero attached hydrogens (tertiary/aromatic N) is 3. The summed E-state index contributed by atoms with van der Waals surface area (Å²) in [5.74, 6) is 0.433. The minimum atomic E-state index is -0.258. The number of anilines is 2. The number of hydrogen-bond donors (Lipinski definition) is 1. The van der Waals surface area contributed by atoms with Crippen LogP contribution >= 0.6 is 11.3 Å². The second-order valence-electron chi connectivity index (χ2n) is 9.93. The summed E-state index contributed by atoms with van der Waals surface area (Å²) >= 11 is 1.35. The van der Waals surface area contributed by atoms with Gasteiger partial charge in [-0.25, -0.2) is 9.37 Å². The van der Waals surface area contributed by atoms with Crippen LogP contribution < -0.4 is 15.4 Å². The lowest BCUT2D eigenvalue weighted by molar-refractivity contribution is 0.0752. The largest absolute Gasteiger partial charge is 0.497 e. The van der Waals surface area contributed by atoms with Crippen molar-refractivity contribution in [2.45, 2.75) is 6.92 Å². The standard InChI is InChI=1S/C32H29FN4O2S/c1-20-3-5-21(6-4-20)26-19-27(22-7-13-25(39-2)14-8-22)35-31-28(26)29(34)30(40-31)32(38)37-17-15-36(16-18-37)24-11-9-23(33)10-12-24/h3-14,19H,15-18,34H2,1-2H3. The quantitative estimate of drug-likeness (QED) is 0.265. The monoisotopic (exact) mass is 552 g/mol. The van der Waals surface area contributed by atoms with E-state index in [9.17, 15) is 9.18 Å². The number of carbonyl (C=O) groups is 1. The van der Waals surface area contributed by atoms with Crippen LogP contribution in [0.2, 0.25) is 0 Å². The van der Waals surface area contributed by atoms with E-state index in [2.05, 4.69) is 36.1 Å². The van der Waals surface area contributed by atoms with Gasteiger partial charge in [0.25, 0.3) is 5.91 Å². The van der Waals surface area contributed by atoms with Gasteiger partial charge >= 0.3 is 0 Å². The van der Waals surface area contributed by atoms with Gasteiger partial charge in [-0.15, -0.1) is 11.3 Å². The molecule has 0 bridgehead atoms. The molecule has 0 unspecified atom stereocenters. The summed E-state index contributed by atoms with van der Waals surface area (Å²) in [6, 6.07) is 24.6. The van der Waals surface area contributed by atoms with Gasteiger partial charge in [0.2, 0.25) is 0 Å². The van der Waals surface area contributed by atoms with Crippen LogP contribution in [0, 0.1) is 12.7 Å². The van der Waals surface area contributed by atoms with Crippen molar-refractivity contribution < 1.29 is 13.9 Å². The SMILES string of the molecule is COc1ccc(-c2cc(-c3ccc(C)cc3)c3c(N)c(C(=O)N4CCN(c5ccc(F)cc5)CC4)sc3n2)cc1. The molecule has 0 aliphatic carbocycles. The number of benzene rings is 3. The van der Waals surface area contributed by atoms with Crippen LogP contribution in [0.25, 0.3) is 32.6 Å². The van der Waals surface area contributed by atoms with Crippen LogP contribution in [0.5, 0.6) is 5.75 Å². The van der Waals surface area contributed by atoms with Crippen LogP contribution in [0.3, 0.4) is 0 Å². The molecule has 1 aliphatic rings. The Hall–Kier alpha value is -4.43. The Morgan fingerprint density at radius 2 is 1.57 bits per heavy atom. The Morgan fingerprint density at radius 3 is 2.23 bits per heavy atom. The molecule has 8 heteroatoms. The molecule has 3 heterocycles. The van der Waals surface area contributed by atoms with Gasteiger partial charge in [-0.1, -0.05) is 29.8 Å². The smallest absolute Gasteiger partial charge is 0.266 e. The minimum Gasteiger partial charge on any atom is -0.497 e. The lowest BCUT2D eigenvalue weighted by Crippen LogP contribution is -2.48. The van der Waals surface area contributed by atoms with E-state index >= 15 is 0 Å². The van der Waals surface area contributed by atoms with Crippen molar-refractivity contribution in [3.63, 3.8) is 0 Å². The summed E-state index contributed by atoms with van der Waals surface area (Å²) in [7, 11) is 1.64. The molecule has 202 valence electrons. The average molecular weight is 553 g/mol. The van der Waals surface area contributed by atoms with Gasteiger partial charge < -0.3 is 20.3 Å². The highest BCUT2D eigenvalue weighted by molar-refractivity contribution is 7.21. The number of amides is 1. The number of rotatable bonds is 5. The fraction of sp³-hybridized carbons (Fsp3) is 0.188. The number of aryl methyl sites for hydroxylation is 1. The predicted octanol–water partition coefficient (Wildman–Crippen LogP) is 6.63. The van der Waals surface area contributed by atoms with Gasteiger partial charge in [-0.3, -0.25) is 4.79 Å². The van der Waals surface area contributed by atoms with Crippen molar-refractivity contribution in [3.05, 3.63) is 95.1 Å². The van der Waals surface area contributed by atoms with E-state index in [0.29, 0.717) is 36.7 Å². The zero-order valence-electron chi connectivity index (χ0n) is 22.4. The molecule has 1 fully saturated rings. The third-order valence-electron chi connectivity index (χ3n) is 7.40. The molecule has 5 aromatic rings. The number of aromatic nitrogens is 1. The van der Waals surface area contributed by atoms with E-state index in [4.69, 9.17) is 15.5 Å². The molecular formula is C32H29FN4O2S. The second kappa shape index (κ2) is 10.6. The third-order valence-corrected chi connectivity index (χ3v) is 8.49. The molecule has 1 amide bonds. The summed E-state index contributed by atoms with van der Waals surface area (Å²) in [6.45, 7) is 4.49. The maximum Gasteiger partial charge on any atom is 0.266 e. The molecule has 0 spiro atoms. The number of hydrogen-bond acceptors (Lipinski definition) is 6. The molecular weight excluding hydrogens is 523 g/mol. The van der Waals surface area contributed by atoms with Crippen LogP contribution in [0.15, 0.2) is 78.9 Å². The van der Waals surface area contributed by atoms with E-state index in [1.54, 1.807) is 19.2 Å². The first-order chi connectivity index (χ1) is 19.4. The topological polar surface area (TPSA) is 71.7 Å². The first-order valence-electron chi connectivity index (χ1n) is 13.2. The molecule has 3 aromatic carbocycles. The number of nitrogens with two attached hydrogens (primary N) is 1. The number of methoxy groups -OCH3 is 1. The Morgan fingerprint density at radius 1 is 0.925 bits per heavy atom. The number of fused-ring (bicyclic) bond motifs is 1. The van der Waals surface area contributed by atoms with Gasteiger partial charge in [0.15, 0.2) is 0 Å². The van der Waals surface area contributed by atoms with E-state index in [0.717, 1.165) is 44.0 Å². The number of piperazine rings is 1. The first-order valence-corrected chi connectivity index (χ1v) is 14.0. The van der Waals surface area contributed by atoms with Crippen LogP contribution in [0.1, 0.15) is 15.2 Å². The number of nitrogen functional groups attached to an aromatic ring is 1. The number of pyridine rings is 1. The zero-order chi connectivity index (χ0) is 27.8. The number of halogens is 1. The van der Waals surface area contributed by atoms with Gasteiger partial charge in [0.1, 0.15) is 21.3 Å². The van der Waals surface area contributed by atoms with Gasteiger partial charge in [0, 0.05) is 42.8 Å². The summed E-state index contributed by atoms with van der Waals surface area (Å²) < 4.78 is 18.7. The third kappa shape index (κ3) is 4.86. The molecule has 2 aromatic heterocycles. The van der Waals surface area contributed by atoms with Crippen LogP contribution in [-0.2, 0) is 0 Å². The van der Waals surface area contributed by atoms with E-state index < -0.39 is 0 Å². The maximum absolute atomic E-state index is 13.7. The molecule has 1 saturated heterocycles. The minimum absolute atomic E-state index is 0.0832. The van der Waals surface area contributed by atoms with Crippen molar-refractivity contribution in [2.75, 3.05) is 43.9 Å². The normalized spacial score (nSPS) is 13.6. The summed E-state index contributed by atoms with van der Waals surface area (Å²) in [5.41, 5.74) is 13.0. The van der Waals surface area contributed by atoms with Crippen molar-refractivity contribution in [1.29, 1.82) is 0 Å². The highest BCUT2D eigenvalue weighted by atomic mass is 32.1. The van der Waals surface area contributed by atoms with Crippen molar-refractivity contribution in [1.82, 2.24) is 9.88 Å². The fourth-order valence-corrected chi connectivity index (χ4v) is 6.20. The molecule has 1 aliphatic heterocycles. The predicted molar refractivity (Wildman–Crippen MR) is 161 cm³/mol. The van der Waals surface area contributed by atoms with Crippen molar-refractivity contribution >= 4 is 38.8 Å². The summed E-state index contributed by atoms with van der Waals surface area (Å²) in [6.07, 6.45) is 0. The van der Waals surface area contributed by atoms with E-state index in [1.807, 2.05) is 35.2 Å². The molecule has 0 atom stereocenters. The molecule has 0 saturated carbocycles. The Balaban J connectivity index is 1.36. The van der Waals surface area contributed by atoms with Crippen LogP contribution in [-0.4, -0.2) is 49.1 Å². The Labute approximate surface area is 236 Å². The molecule has 2 N–H and O–H groups in total. The zero-order valence-corrected chi connectivity index (χ0v) is 23.2. The van der Waals surface area contributed by atoms with Crippen molar-refractivity contribution in [3.8, 4) is 28.1 Å². The number of carbonyl (C=O) groups excluding carboxylic acids is 1. The lowest BCUT2D eigenvalue weighted by atomic mass is 9.98. The van der Waals surface area contributed by atoms with Crippen LogP contribution in [0.4, 0.5) is 15.8 Å². The number of thiophene rings is 1. The molecule has 40 heavy (non-hydrogen) atoms. The lowest BCUT2D eigenvalue weighted by Gasteiger charge is -2.36.